The topological polar surface area (TPSA) is 80.6 Å². The van der Waals surface area contributed by atoms with Crippen molar-refractivity contribution < 1.29 is 20.1 Å². The van der Waals surface area contributed by atoms with E-state index < -0.39 is 23.0 Å². The van der Waals surface area contributed by atoms with Crippen LogP contribution in [0.25, 0.3) is 0 Å². The van der Waals surface area contributed by atoms with Crippen molar-refractivity contribution in [3.8, 4) is 11.5 Å². The van der Waals surface area contributed by atoms with Crippen LogP contribution in [0.15, 0.2) is 18.2 Å². The highest BCUT2D eigenvalue weighted by atomic mass is 16.4. The van der Waals surface area contributed by atoms with E-state index in [1.165, 1.54) is 6.07 Å². The van der Waals surface area contributed by atoms with Crippen LogP contribution in [0.5, 0.6) is 11.5 Å². The second-order valence-corrected chi connectivity index (χ2v) is 1.96. The van der Waals surface area contributed by atoms with E-state index in [1.807, 2.05) is 0 Å². The molecule has 0 atom stereocenters. The molecule has 4 nitrogen and oxygen atoms in total. The molecule has 0 aliphatic carbocycles. The normalized spacial score (nSPS) is 9.45. The highest BCUT2D eigenvalue weighted by Crippen LogP contribution is 2.23. The van der Waals surface area contributed by atoms with Gasteiger partial charge in [-0.25, -0.2) is 4.79 Å². The third-order valence-corrected chi connectivity index (χ3v) is 1.22. The van der Waals surface area contributed by atoms with Crippen molar-refractivity contribution >= 4 is 5.97 Å². The highest BCUT2D eigenvalue weighted by Gasteiger charge is 2.08. The molecular weight excluding hydrogens is 148 g/mol. The summed E-state index contributed by atoms with van der Waals surface area (Å²) in [6.45, 7) is 0. The van der Waals surface area contributed by atoms with Crippen LogP contribution < -0.4 is 5.11 Å². The number of aromatic hydroxyl groups is 1. The van der Waals surface area contributed by atoms with Crippen LogP contribution in [-0.2, 0) is 0 Å². The van der Waals surface area contributed by atoms with Gasteiger partial charge in [0.2, 0.25) is 0 Å². The lowest BCUT2D eigenvalue weighted by atomic mass is 10.2. The van der Waals surface area contributed by atoms with Gasteiger partial charge in [-0.05, 0) is 6.07 Å². The number of phenols is 1. The van der Waals surface area contributed by atoms with Gasteiger partial charge in [-0.1, -0.05) is 17.9 Å². The lowest BCUT2D eigenvalue weighted by Crippen LogP contribution is -2.03. The standard InChI is InChI=1S/C7H6O4/c8-4-2-1-3-5(9)6(4)7(10)11/h1-3,8-9H,(H,10,11)/p-1. The fourth-order valence-electron chi connectivity index (χ4n) is 0.734. The Morgan fingerprint density at radius 1 is 1.45 bits per heavy atom. The predicted molar refractivity (Wildman–Crippen MR) is 34.5 cm³/mol. The second-order valence-electron chi connectivity index (χ2n) is 1.96. The SMILES string of the molecule is O=C(O)c1c([O-])cccc1O. The first-order valence-electron chi connectivity index (χ1n) is 2.85. The van der Waals surface area contributed by atoms with Crippen molar-refractivity contribution in [3.63, 3.8) is 0 Å². The van der Waals surface area contributed by atoms with Gasteiger partial charge >= 0.3 is 5.97 Å². The Morgan fingerprint density at radius 2 is 2.09 bits per heavy atom. The molecule has 0 aliphatic heterocycles. The Labute approximate surface area is 62.3 Å². The number of rotatable bonds is 1. The molecule has 0 aromatic heterocycles. The van der Waals surface area contributed by atoms with Crippen molar-refractivity contribution in [3.05, 3.63) is 23.8 Å². The van der Waals surface area contributed by atoms with Gasteiger partial charge in [0.1, 0.15) is 5.75 Å². The Morgan fingerprint density at radius 3 is 2.45 bits per heavy atom. The molecule has 0 bridgehead atoms. The molecule has 1 aromatic carbocycles. The molecule has 1 aromatic rings. The Kier molecular flexibility index (Phi) is 1.68. The maximum Gasteiger partial charge on any atom is 0.338 e. The number of hydrogen-bond acceptors (Lipinski definition) is 3. The van der Waals surface area contributed by atoms with Gasteiger partial charge in [0.15, 0.2) is 0 Å². The van der Waals surface area contributed by atoms with E-state index in [4.69, 9.17) is 10.2 Å². The van der Waals surface area contributed by atoms with E-state index in [9.17, 15) is 9.90 Å². The molecule has 0 amide bonds. The summed E-state index contributed by atoms with van der Waals surface area (Å²) in [5.41, 5.74) is -0.576. The van der Waals surface area contributed by atoms with Crippen molar-refractivity contribution in [1.82, 2.24) is 0 Å². The fraction of sp³-hybridized carbons (Fsp3) is 0. The molecule has 0 spiro atoms. The monoisotopic (exact) mass is 153 g/mol. The van der Waals surface area contributed by atoms with Gasteiger partial charge < -0.3 is 15.3 Å². The molecule has 0 unspecified atom stereocenters. The first-order valence-corrected chi connectivity index (χ1v) is 2.85. The Hall–Kier alpha value is -1.71. The molecule has 4 heteroatoms. The van der Waals surface area contributed by atoms with E-state index in [0.717, 1.165) is 12.1 Å². The Balaban J connectivity index is 3.32. The quantitative estimate of drug-likeness (QED) is 0.602. The number of carbonyl (C=O) groups is 1. The van der Waals surface area contributed by atoms with Gasteiger partial charge in [-0.2, -0.15) is 0 Å². The number of aromatic carboxylic acids is 1. The van der Waals surface area contributed by atoms with Gasteiger partial charge in [0, 0.05) is 0 Å². The van der Waals surface area contributed by atoms with Gasteiger partial charge in [0.25, 0.3) is 0 Å². The minimum Gasteiger partial charge on any atom is -0.872 e. The zero-order valence-electron chi connectivity index (χ0n) is 5.44. The maximum absolute atomic E-state index is 10.7. The molecule has 11 heavy (non-hydrogen) atoms. The van der Waals surface area contributed by atoms with E-state index in [-0.39, 0.29) is 0 Å². The molecule has 58 valence electrons. The fourth-order valence-corrected chi connectivity index (χ4v) is 0.734. The smallest absolute Gasteiger partial charge is 0.338 e. The van der Waals surface area contributed by atoms with Gasteiger partial charge in [-0.3, -0.25) is 0 Å². The zero-order valence-corrected chi connectivity index (χ0v) is 5.44. The van der Waals surface area contributed by atoms with Crippen LogP contribution in [0.2, 0.25) is 0 Å². The second kappa shape index (κ2) is 2.49. The summed E-state index contributed by atoms with van der Waals surface area (Å²) >= 11 is 0. The molecule has 0 fully saturated rings. The maximum atomic E-state index is 10.7. The lowest BCUT2D eigenvalue weighted by molar-refractivity contribution is -0.268. The minimum absolute atomic E-state index is 0.495. The molecule has 0 saturated heterocycles. The number of hydrogen-bond donors (Lipinski definition) is 2. The third-order valence-electron chi connectivity index (χ3n) is 1.22. The molecule has 1 rings (SSSR count). The molecule has 0 heterocycles. The van der Waals surface area contributed by atoms with E-state index in [0.29, 0.717) is 0 Å². The van der Waals surface area contributed by atoms with Crippen LogP contribution in [0.4, 0.5) is 0 Å². The van der Waals surface area contributed by atoms with Crippen molar-refractivity contribution in [2.75, 3.05) is 0 Å². The largest absolute Gasteiger partial charge is 0.872 e. The Bertz CT molecular complexity index is 272. The summed E-state index contributed by atoms with van der Waals surface area (Å²) in [7, 11) is 0. The summed E-state index contributed by atoms with van der Waals surface area (Å²) in [4.78, 5) is 10.3. The predicted octanol–water partition coefficient (Wildman–Crippen LogP) is 0.164. The van der Waals surface area contributed by atoms with Crippen LogP contribution in [0.1, 0.15) is 10.4 Å². The summed E-state index contributed by atoms with van der Waals surface area (Å²) < 4.78 is 0. The summed E-state index contributed by atoms with van der Waals surface area (Å²) in [5, 5.41) is 28.0. The average molecular weight is 153 g/mol. The first-order chi connectivity index (χ1) is 5.13. The van der Waals surface area contributed by atoms with Crippen LogP contribution in [0, 0.1) is 0 Å². The van der Waals surface area contributed by atoms with Crippen molar-refractivity contribution in [2.45, 2.75) is 0 Å². The number of carboxylic acid groups (broad SMARTS) is 1. The van der Waals surface area contributed by atoms with E-state index in [2.05, 4.69) is 0 Å². The third kappa shape index (κ3) is 1.24. The van der Waals surface area contributed by atoms with Crippen LogP contribution in [-0.4, -0.2) is 16.2 Å². The van der Waals surface area contributed by atoms with Gasteiger partial charge in [0.05, 0.1) is 5.56 Å². The molecule has 0 saturated carbocycles. The van der Waals surface area contributed by atoms with Crippen LogP contribution in [0.3, 0.4) is 0 Å². The highest BCUT2D eigenvalue weighted by molar-refractivity contribution is 5.93. The molecule has 2 N–H and O–H groups in total. The van der Waals surface area contributed by atoms with E-state index in [1.54, 1.807) is 0 Å². The van der Waals surface area contributed by atoms with Crippen molar-refractivity contribution in [1.29, 1.82) is 0 Å². The first kappa shape index (κ1) is 7.40. The molecule has 0 radical (unpaired) electrons. The van der Waals surface area contributed by atoms with E-state index >= 15 is 0 Å². The number of benzene rings is 1. The van der Waals surface area contributed by atoms with Crippen molar-refractivity contribution in [2.24, 2.45) is 0 Å². The summed E-state index contributed by atoms with van der Waals surface area (Å²) in [6.07, 6.45) is 0. The molecular formula is C7H5O4-. The summed E-state index contributed by atoms with van der Waals surface area (Å²) in [5.74, 6) is -2.59. The lowest BCUT2D eigenvalue weighted by Gasteiger charge is -2.09. The van der Waals surface area contributed by atoms with Crippen LogP contribution >= 0.6 is 0 Å². The van der Waals surface area contributed by atoms with Gasteiger partial charge in [-0.15, -0.1) is 0 Å². The molecule has 0 aliphatic rings. The average Bonchev–Trinajstić information content (AvgIpc) is 1.85. The minimum atomic E-state index is -1.41. The number of carboxylic acids is 1. The summed E-state index contributed by atoms with van der Waals surface area (Å²) in [6, 6.07) is 3.54. The zero-order chi connectivity index (χ0) is 8.43.